The van der Waals surface area contributed by atoms with Gasteiger partial charge >= 0.3 is 4.87 Å². The van der Waals surface area contributed by atoms with Crippen LogP contribution in [0.1, 0.15) is 19.3 Å². The van der Waals surface area contributed by atoms with Crippen molar-refractivity contribution in [1.29, 1.82) is 0 Å². The van der Waals surface area contributed by atoms with Crippen LogP contribution in [-0.4, -0.2) is 18.2 Å². The van der Waals surface area contributed by atoms with Gasteiger partial charge in [-0.15, -0.1) is 0 Å². The van der Waals surface area contributed by atoms with Crippen LogP contribution in [0, 0.1) is 0 Å². The van der Waals surface area contributed by atoms with Gasteiger partial charge in [-0.2, -0.15) is 4.58 Å². The monoisotopic (exact) mass is 262 g/mol. The number of piperidine rings is 1. The third-order valence-electron chi connectivity index (χ3n) is 3.23. The van der Waals surface area contributed by atoms with E-state index in [0.717, 1.165) is 29.3 Å². The second-order valence-corrected chi connectivity index (χ2v) is 5.38. The van der Waals surface area contributed by atoms with Crippen LogP contribution in [0.15, 0.2) is 34.1 Å². The number of hydrogen-bond acceptors (Lipinski definition) is 3. The fourth-order valence-electron chi connectivity index (χ4n) is 2.21. The van der Waals surface area contributed by atoms with Crippen LogP contribution >= 0.6 is 11.3 Å². The van der Waals surface area contributed by atoms with Gasteiger partial charge in [0.15, 0.2) is 5.76 Å². The lowest BCUT2D eigenvalue weighted by Crippen LogP contribution is -2.32. The predicted octanol–water partition coefficient (Wildman–Crippen LogP) is 2.67. The molecule has 0 atom stereocenters. The first kappa shape index (κ1) is 11.5. The average molecular weight is 262 g/mol. The summed E-state index contributed by atoms with van der Waals surface area (Å²) in [7, 11) is 0. The second-order valence-electron chi connectivity index (χ2n) is 4.56. The number of phenols is 1. The first-order valence-electron chi connectivity index (χ1n) is 6.29. The van der Waals surface area contributed by atoms with Gasteiger partial charge in [-0.1, -0.05) is 0 Å². The van der Waals surface area contributed by atoms with E-state index in [1.54, 1.807) is 23.5 Å². The summed E-state index contributed by atoms with van der Waals surface area (Å²) in [5.41, 5.74) is 1.01. The Labute approximate surface area is 110 Å². The van der Waals surface area contributed by atoms with E-state index in [-0.39, 0.29) is 5.75 Å². The third-order valence-corrected chi connectivity index (χ3v) is 4.11. The van der Waals surface area contributed by atoms with Crippen LogP contribution in [0.4, 0.5) is 0 Å². The third kappa shape index (κ3) is 2.34. The molecule has 94 valence electrons. The van der Waals surface area contributed by atoms with Gasteiger partial charge in [0.1, 0.15) is 18.8 Å². The maximum atomic E-state index is 9.28. The van der Waals surface area contributed by atoms with Gasteiger partial charge in [-0.25, -0.2) is 0 Å². The highest BCUT2D eigenvalue weighted by Crippen LogP contribution is 2.21. The van der Waals surface area contributed by atoms with Gasteiger partial charge in [-0.3, -0.25) is 0 Å². The molecule has 0 unspecified atom stereocenters. The lowest BCUT2D eigenvalue weighted by molar-refractivity contribution is 0.393. The molecule has 1 N–H and O–H groups in total. The number of aromatic hydroxyl groups is 1. The van der Waals surface area contributed by atoms with E-state index in [1.807, 2.05) is 17.5 Å². The van der Waals surface area contributed by atoms with Gasteiger partial charge in [0.05, 0.1) is 0 Å². The standard InChI is InChI=1S/C14H15NO2S/c16-12-6-4-11(5-7-12)13-10-18-14(17-13)15-8-2-1-3-9-15/h4-7,10H,1-3,8-9H2/p+1. The molecule has 0 saturated carbocycles. The van der Waals surface area contributed by atoms with Crippen molar-refractivity contribution in [2.75, 3.05) is 13.1 Å². The fourth-order valence-corrected chi connectivity index (χ4v) is 3.08. The number of hydrogen-bond donors (Lipinski definition) is 1. The molecule has 3 nitrogen and oxygen atoms in total. The SMILES string of the molecule is Oc1ccc(-c2csc(=[N+]3CCCCC3)o2)cc1. The van der Waals surface area contributed by atoms with Crippen molar-refractivity contribution in [2.24, 2.45) is 0 Å². The molecule has 0 amide bonds. The summed E-state index contributed by atoms with van der Waals surface area (Å²) in [6.07, 6.45) is 3.83. The molecule has 1 aliphatic rings. The van der Waals surface area contributed by atoms with Gasteiger partial charge < -0.3 is 9.52 Å². The second kappa shape index (κ2) is 4.98. The van der Waals surface area contributed by atoms with E-state index in [4.69, 9.17) is 4.42 Å². The summed E-state index contributed by atoms with van der Waals surface area (Å²) < 4.78 is 8.23. The van der Waals surface area contributed by atoms with Crippen LogP contribution in [0.25, 0.3) is 11.3 Å². The van der Waals surface area contributed by atoms with Crippen LogP contribution < -0.4 is 9.44 Å². The van der Waals surface area contributed by atoms with E-state index < -0.39 is 0 Å². The van der Waals surface area contributed by atoms with Crippen molar-refractivity contribution >= 4 is 11.3 Å². The summed E-state index contributed by atoms with van der Waals surface area (Å²) in [5, 5.41) is 11.3. The first-order chi connectivity index (χ1) is 8.83. The minimum Gasteiger partial charge on any atom is -0.508 e. The number of phenolic OH excluding ortho intramolecular Hbond substituents is 1. The quantitative estimate of drug-likeness (QED) is 0.802. The summed E-state index contributed by atoms with van der Waals surface area (Å²) in [6, 6.07) is 7.12. The Morgan fingerprint density at radius 2 is 1.78 bits per heavy atom. The lowest BCUT2D eigenvalue weighted by Gasteiger charge is -2.06. The van der Waals surface area contributed by atoms with Crippen molar-refractivity contribution in [3.05, 3.63) is 34.5 Å². The van der Waals surface area contributed by atoms with E-state index in [0.29, 0.717) is 0 Å². The van der Waals surface area contributed by atoms with Gasteiger partial charge in [-0.05, 0) is 42.0 Å². The zero-order valence-corrected chi connectivity index (χ0v) is 10.9. The highest BCUT2D eigenvalue weighted by atomic mass is 32.1. The molecule has 0 aliphatic carbocycles. The summed E-state index contributed by atoms with van der Waals surface area (Å²) >= 11 is 1.65. The zero-order chi connectivity index (χ0) is 12.4. The molecule has 0 bridgehead atoms. The lowest BCUT2D eigenvalue weighted by atomic mass is 10.2. The summed E-state index contributed by atoms with van der Waals surface area (Å²) in [5.74, 6) is 1.16. The molecule has 0 spiro atoms. The molecule has 2 heterocycles. The molecule has 1 saturated heterocycles. The maximum absolute atomic E-state index is 9.28. The number of rotatable bonds is 1. The molecule has 2 aromatic rings. The van der Waals surface area contributed by atoms with Crippen LogP contribution in [0.2, 0.25) is 0 Å². The molecule has 18 heavy (non-hydrogen) atoms. The Morgan fingerprint density at radius 1 is 1.06 bits per heavy atom. The normalized spacial score (nSPS) is 15.9. The molecular formula is C14H16NO2S+. The molecular weight excluding hydrogens is 246 g/mol. The average Bonchev–Trinajstić information content (AvgIpc) is 2.90. The van der Waals surface area contributed by atoms with Gasteiger partial charge in [0.2, 0.25) is 0 Å². The predicted molar refractivity (Wildman–Crippen MR) is 72.5 cm³/mol. The van der Waals surface area contributed by atoms with Crippen LogP contribution in [0.3, 0.4) is 0 Å². The van der Waals surface area contributed by atoms with Crippen molar-refractivity contribution in [3.8, 4) is 17.1 Å². The minimum atomic E-state index is 0.283. The highest BCUT2D eigenvalue weighted by Gasteiger charge is 2.15. The highest BCUT2D eigenvalue weighted by molar-refractivity contribution is 7.07. The Morgan fingerprint density at radius 3 is 2.50 bits per heavy atom. The molecule has 0 radical (unpaired) electrons. The van der Waals surface area contributed by atoms with Crippen LogP contribution in [-0.2, 0) is 0 Å². The molecule has 1 aliphatic heterocycles. The largest absolute Gasteiger partial charge is 0.508 e. The minimum absolute atomic E-state index is 0.283. The molecule has 4 heteroatoms. The van der Waals surface area contributed by atoms with E-state index in [9.17, 15) is 5.11 Å². The van der Waals surface area contributed by atoms with E-state index in [2.05, 4.69) is 4.58 Å². The number of nitrogens with zero attached hydrogens (tertiary/aromatic N) is 1. The smallest absolute Gasteiger partial charge is 0.430 e. The Balaban J connectivity index is 1.96. The summed E-state index contributed by atoms with van der Waals surface area (Å²) in [4.78, 5) is 0.998. The van der Waals surface area contributed by atoms with Gasteiger partial charge in [0, 0.05) is 23.8 Å². The van der Waals surface area contributed by atoms with Gasteiger partial charge in [0.25, 0.3) is 0 Å². The maximum Gasteiger partial charge on any atom is 0.430 e. The van der Waals surface area contributed by atoms with Crippen molar-refractivity contribution < 1.29 is 9.52 Å². The Hall–Kier alpha value is -1.55. The van der Waals surface area contributed by atoms with E-state index >= 15 is 0 Å². The fraction of sp³-hybridized carbons (Fsp3) is 0.357. The molecule has 1 aromatic carbocycles. The van der Waals surface area contributed by atoms with Crippen LogP contribution in [0.5, 0.6) is 5.75 Å². The Bertz CT molecular complexity index is 587. The molecule has 3 rings (SSSR count). The number of benzene rings is 1. The Kier molecular flexibility index (Phi) is 3.19. The topological polar surface area (TPSA) is 36.4 Å². The van der Waals surface area contributed by atoms with Crippen molar-refractivity contribution in [2.45, 2.75) is 19.3 Å². The zero-order valence-electron chi connectivity index (χ0n) is 10.1. The van der Waals surface area contributed by atoms with Crippen molar-refractivity contribution in [3.63, 3.8) is 0 Å². The molecule has 1 fully saturated rings. The summed E-state index contributed by atoms with van der Waals surface area (Å²) in [6.45, 7) is 2.19. The first-order valence-corrected chi connectivity index (χ1v) is 7.17. The van der Waals surface area contributed by atoms with E-state index in [1.165, 1.54) is 19.3 Å². The van der Waals surface area contributed by atoms with Crippen molar-refractivity contribution in [1.82, 2.24) is 4.58 Å². The molecule has 1 aromatic heterocycles.